The van der Waals surface area contributed by atoms with Crippen LogP contribution in [0.2, 0.25) is 0 Å². The summed E-state index contributed by atoms with van der Waals surface area (Å²) in [5.74, 6) is -2.42. The molecule has 0 aromatic heterocycles. The third-order valence-electron chi connectivity index (χ3n) is 11.9. The van der Waals surface area contributed by atoms with E-state index in [4.69, 9.17) is 33.2 Å². The van der Waals surface area contributed by atoms with Crippen molar-refractivity contribution in [1.29, 1.82) is 0 Å². The average Bonchev–Trinajstić information content (AvgIpc) is 3.06. The number of rotatable bonds is 8. The average molecular weight is 749 g/mol. The highest BCUT2D eigenvalue weighted by Gasteiger charge is 2.52. The Balaban J connectivity index is 2.16. The molecule has 14 heteroatoms. The molecule has 0 aromatic carbocycles. The van der Waals surface area contributed by atoms with Crippen LogP contribution in [0, 0.1) is 17.8 Å². The van der Waals surface area contributed by atoms with Crippen LogP contribution in [0.25, 0.3) is 0 Å². The molecule has 0 radical (unpaired) electrons. The molecule has 3 fully saturated rings. The van der Waals surface area contributed by atoms with Crippen LogP contribution >= 0.6 is 0 Å². The van der Waals surface area contributed by atoms with Gasteiger partial charge in [-0.1, -0.05) is 20.8 Å². The molecule has 18 atom stereocenters. The molecule has 0 aromatic rings. The molecule has 0 aliphatic carbocycles. The monoisotopic (exact) mass is 749 g/mol. The number of esters is 1. The van der Waals surface area contributed by atoms with E-state index in [2.05, 4.69) is 5.32 Å². The fraction of sp³-hybridized carbons (Fsp3) is 0.974. The van der Waals surface area contributed by atoms with Crippen LogP contribution in [0.15, 0.2) is 0 Å². The van der Waals surface area contributed by atoms with Crippen LogP contribution in [0.1, 0.15) is 94.9 Å². The molecule has 0 bridgehead atoms. The molecule has 306 valence electrons. The minimum absolute atomic E-state index is 0.1000. The van der Waals surface area contributed by atoms with Gasteiger partial charge in [-0.2, -0.15) is 0 Å². The summed E-state index contributed by atoms with van der Waals surface area (Å²) in [6.07, 6.45) is -7.24. The first kappa shape index (κ1) is 45.4. The van der Waals surface area contributed by atoms with Crippen molar-refractivity contribution in [2.45, 2.75) is 185 Å². The van der Waals surface area contributed by atoms with E-state index < -0.39 is 89.9 Å². The topological polar surface area (TPSA) is 178 Å². The summed E-state index contributed by atoms with van der Waals surface area (Å²) in [4.78, 5) is 16.2. The SMILES string of the molecule is CC[C@H]1OC(=O)[C@H](C)[C@@H](O[C@H]2C[C@@](C)(OC)[C@@H](O)[C@H](C)O2)[C@H](C)[C@@H](O[C@@H]2O[C@H](C)C[C@H](N(C)C)[C@H]2O)[C@](C)(O)C[C@@H](C)CN[C@H](C)[C@@H](OC)[C@]1(C)O. The normalized spacial score (nSPS) is 49.2. The van der Waals surface area contributed by atoms with E-state index in [1.165, 1.54) is 14.2 Å². The largest absolute Gasteiger partial charge is 0.459 e. The molecule has 0 amide bonds. The van der Waals surface area contributed by atoms with Crippen LogP contribution < -0.4 is 5.32 Å². The maximum absolute atomic E-state index is 14.3. The Kier molecular flexibility index (Phi) is 16.0. The van der Waals surface area contributed by atoms with E-state index in [-0.39, 0.29) is 36.9 Å². The Morgan fingerprint density at radius 3 is 2.13 bits per heavy atom. The van der Waals surface area contributed by atoms with Gasteiger partial charge in [-0.15, -0.1) is 0 Å². The van der Waals surface area contributed by atoms with E-state index >= 15 is 0 Å². The Morgan fingerprint density at radius 2 is 1.58 bits per heavy atom. The van der Waals surface area contributed by atoms with E-state index in [1.807, 2.05) is 53.6 Å². The highest BCUT2D eigenvalue weighted by Crippen LogP contribution is 2.40. The van der Waals surface area contributed by atoms with Crippen LogP contribution in [0.4, 0.5) is 0 Å². The lowest BCUT2D eigenvalue weighted by atomic mass is 9.77. The summed E-state index contributed by atoms with van der Waals surface area (Å²) < 4.78 is 43.5. The van der Waals surface area contributed by atoms with Gasteiger partial charge in [0.2, 0.25) is 0 Å². The van der Waals surface area contributed by atoms with Gasteiger partial charge in [-0.3, -0.25) is 4.79 Å². The zero-order valence-electron chi connectivity index (χ0n) is 34.2. The van der Waals surface area contributed by atoms with Crippen molar-refractivity contribution in [3.8, 4) is 0 Å². The highest BCUT2D eigenvalue weighted by atomic mass is 16.7. The van der Waals surface area contributed by atoms with Crippen molar-refractivity contribution in [3.05, 3.63) is 0 Å². The van der Waals surface area contributed by atoms with Crippen molar-refractivity contribution >= 4 is 5.97 Å². The number of carbonyl (C=O) groups excluding carboxylic acids is 1. The van der Waals surface area contributed by atoms with Gasteiger partial charge in [0.1, 0.15) is 30.0 Å². The van der Waals surface area contributed by atoms with Crippen LogP contribution in [-0.2, 0) is 38.0 Å². The lowest BCUT2D eigenvalue weighted by Gasteiger charge is -2.48. The van der Waals surface area contributed by atoms with E-state index in [0.29, 0.717) is 19.4 Å². The van der Waals surface area contributed by atoms with Crippen molar-refractivity contribution in [3.63, 3.8) is 0 Å². The first-order chi connectivity index (χ1) is 24.0. The third-order valence-corrected chi connectivity index (χ3v) is 11.9. The summed E-state index contributed by atoms with van der Waals surface area (Å²) in [6.45, 7) is 18.5. The number of hydrogen-bond acceptors (Lipinski definition) is 14. The Bertz CT molecular complexity index is 1130. The zero-order valence-corrected chi connectivity index (χ0v) is 34.2. The van der Waals surface area contributed by atoms with E-state index in [0.717, 1.165) is 0 Å². The summed E-state index contributed by atoms with van der Waals surface area (Å²) in [5, 5.41) is 50.3. The van der Waals surface area contributed by atoms with Gasteiger partial charge in [0.15, 0.2) is 12.6 Å². The molecular formula is C38H72N2O12. The number of cyclic esters (lactones) is 1. The molecule has 3 aliphatic heterocycles. The molecule has 3 rings (SSSR count). The van der Waals surface area contributed by atoms with Crippen molar-refractivity contribution in [2.75, 3.05) is 34.9 Å². The van der Waals surface area contributed by atoms with E-state index in [9.17, 15) is 25.2 Å². The van der Waals surface area contributed by atoms with Crippen molar-refractivity contribution in [2.24, 2.45) is 17.8 Å². The molecule has 14 nitrogen and oxygen atoms in total. The molecule has 5 N–H and O–H groups in total. The Morgan fingerprint density at radius 1 is 0.942 bits per heavy atom. The molecule has 3 saturated heterocycles. The van der Waals surface area contributed by atoms with Gasteiger partial charge in [-0.05, 0) is 94.3 Å². The fourth-order valence-corrected chi connectivity index (χ4v) is 8.79. The summed E-state index contributed by atoms with van der Waals surface area (Å²) in [6, 6.07) is -0.611. The van der Waals surface area contributed by atoms with Crippen LogP contribution in [0.5, 0.6) is 0 Å². The third kappa shape index (κ3) is 10.2. The minimum Gasteiger partial charge on any atom is -0.459 e. The summed E-state index contributed by atoms with van der Waals surface area (Å²) >= 11 is 0. The number of hydrogen-bond donors (Lipinski definition) is 5. The smallest absolute Gasteiger partial charge is 0.311 e. The first-order valence-corrected chi connectivity index (χ1v) is 19.1. The van der Waals surface area contributed by atoms with Gasteiger partial charge < -0.3 is 63.8 Å². The number of nitrogens with one attached hydrogen (secondary N) is 1. The lowest BCUT2D eigenvalue weighted by Crippen LogP contribution is -2.60. The first-order valence-electron chi connectivity index (χ1n) is 19.1. The number of nitrogens with zero attached hydrogens (tertiary/aromatic N) is 1. The maximum atomic E-state index is 14.3. The summed E-state index contributed by atoms with van der Waals surface area (Å²) in [7, 11) is 6.82. The second-order valence-electron chi connectivity index (χ2n) is 16.9. The molecule has 3 aliphatic rings. The van der Waals surface area contributed by atoms with E-state index in [1.54, 1.807) is 34.6 Å². The number of methoxy groups -OCH3 is 2. The quantitative estimate of drug-likeness (QED) is 0.228. The molecule has 0 saturated carbocycles. The van der Waals surface area contributed by atoms with Gasteiger partial charge in [0, 0.05) is 38.6 Å². The fourth-order valence-electron chi connectivity index (χ4n) is 8.79. The van der Waals surface area contributed by atoms with Crippen molar-refractivity contribution in [1.82, 2.24) is 10.2 Å². The Hall–Kier alpha value is -1.01. The molecule has 3 heterocycles. The van der Waals surface area contributed by atoms with Gasteiger partial charge in [-0.25, -0.2) is 0 Å². The minimum atomic E-state index is -1.57. The predicted molar refractivity (Wildman–Crippen MR) is 194 cm³/mol. The lowest BCUT2D eigenvalue weighted by molar-refractivity contribution is -0.318. The maximum Gasteiger partial charge on any atom is 0.311 e. The number of carbonyl (C=O) groups is 1. The molecular weight excluding hydrogens is 676 g/mol. The molecule has 0 unspecified atom stereocenters. The predicted octanol–water partition coefficient (Wildman–Crippen LogP) is 2.21. The zero-order chi connectivity index (χ0) is 39.5. The standard InChI is InChI=1S/C38H72N2O12/c1-15-27-38(10,45)33(46-13)24(6)39-19-20(2)17-36(8,44)32(52-35-29(41)26(40(11)12)16-21(3)48-35)22(4)30(23(5)34(43)50-27)51-28-18-37(9,47-14)31(42)25(7)49-28/h20-33,35,39,41-42,44-45H,15-19H2,1-14H3/t20-,21-,22+,23-,24-,25+,26+,27-,28+,29-,30+,31+,32-,33-,35+,36-,37-,38-/m1/s1. The van der Waals surface area contributed by atoms with Crippen LogP contribution in [-0.4, -0.2) is 156 Å². The molecule has 52 heavy (non-hydrogen) atoms. The van der Waals surface area contributed by atoms with Crippen LogP contribution in [0.3, 0.4) is 0 Å². The van der Waals surface area contributed by atoms with Gasteiger partial charge in [0.25, 0.3) is 0 Å². The molecule has 0 spiro atoms. The second-order valence-corrected chi connectivity index (χ2v) is 16.9. The number of ether oxygens (including phenoxy) is 7. The number of likely N-dealkylation sites (N-methyl/N-ethyl adjacent to an activating group) is 1. The number of aliphatic hydroxyl groups excluding tert-OH is 2. The highest BCUT2D eigenvalue weighted by molar-refractivity contribution is 5.73. The second kappa shape index (κ2) is 18.3. The summed E-state index contributed by atoms with van der Waals surface area (Å²) in [5.41, 5.74) is -4.10. The van der Waals surface area contributed by atoms with Gasteiger partial charge >= 0.3 is 5.97 Å². The Labute approximate surface area is 312 Å². The van der Waals surface area contributed by atoms with Gasteiger partial charge in [0.05, 0.1) is 41.5 Å². The number of aliphatic hydroxyl groups is 4. The van der Waals surface area contributed by atoms with Crippen molar-refractivity contribution < 1.29 is 58.4 Å².